The summed E-state index contributed by atoms with van der Waals surface area (Å²) < 4.78 is 11.1. The van der Waals surface area contributed by atoms with Crippen molar-refractivity contribution >= 4 is 66.1 Å². The molecule has 0 saturated heterocycles. The molecule has 2 radical (unpaired) electrons. The average Bonchev–Trinajstić information content (AvgIpc) is 2.77. The Morgan fingerprint density at radius 3 is 1.41 bits per heavy atom. The molecule has 8 heteroatoms. The van der Waals surface area contributed by atoms with Crippen molar-refractivity contribution in [3.8, 4) is 0 Å². The van der Waals surface area contributed by atoms with Crippen molar-refractivity contribution in [2.45, 2.75) is 103 Å². The summed E-state index contributed by atoms with van der Waals surface area (Å²) >= 11 is 7.28. The van der Waals surface area contributed by atoms with Gasteiger partial charge in [0, 0.05) is 0 Å². The average molecular weight is 620 g/mol. The van der Waals surface area contributed by atoms with Gasteiger partial charge in [-0.15, -0.1) is 0 Å². The SMILES string of the molecule is CC(C)CCCCCOC(=O)CS.CC(C)CCCCCOC(=O)CS.CCC[CH2][Sn][Cl]. The van der Waals surface area contributed by atoms with Gasteiger partial charge in [-0.3, -0.25) is 9.59 Å². The minimum absolute atomic E-state index is 0.187. The predicted molar refractivity (Wildman–Crippen MR) is 148 cm³/mol. The number of unbranched alkanes of at least 4 members (excludes halogenated alkanes) is 5. The molecule has 0 aliphatic rings. The predicted octanol–water partition coefficient (Wildman–Crippen LogP) is 7.41. The molecule has 0 spiro atoms. The van der Waals surface area contributed by atoms with Crippen molar-refractivity contribution in [1.29, 1.82) is 0 Å². The maximum absolute atomic E-state index is 10.7. The van der Waals surface area contributed by atoms with Crippen LogP contribution in [-0.4, -0.2) is 56.7 Å². The fourth-order valence-corrected chi connectivity index (χ4v) is 4.84. The number of esters is 2. The van der Waals surface area contributed by atoms with Gasteiger partial charge in [-0.05, 0) is 24.7 Å². The van der Waals surface area contributed by atoms with E-state index < -0.39 is 0 Å². The Labute approximate surface area is 223 Å². The zero-order valence-corrected chi connectivity index (χ0v) is 26.6. The quantitative estimate of drug-likeness (QED) is 0.0771. The van der Waals surface area contributed by atoms with Crippen molar-refractivity contribution in [2.24, 2.45) is 11.8 Å². The number of hydrogen-bond donors (Lipinski definition) is 2. The van der Waals surface area contributed by atoms with Crippen molar-refractivity contribution in [3.63, 3.8) is 0 Å². The van der Waals surface area contributed by atoms with Gasteiger partial charge < -0.3 is 9.47 Å². The zero-order chi connectivity index (χ0) is 25.0. The second-order valence-corrected chi connectivity index (χ2v) is 13.1. The molecule has 0 aliphatic heterocycles. The molecule has 0 aromatic heterocycles. The summed E-state index contributed by atoms with van der Waals surface area (Å²) in [6.07, 6.45) is 11.9. The molecule has 0 bridgehead atoms. The van der Waals surface area contributed by atoms with Gasteiger partial charge in [0.15, 0.2) is 0 Å². The first-order valence-electron chi connectivity index (χ1n) is 12.1. The molecule has 0 amide bonds. The molecular weight excluding hydrogens is 571 g/mol. The first-order chi connectivity index (χ1) is 15.2. The van der Waals surface area contributed by atoms with Crippen LogP contribution in [0, 0.1) is 11.8 Å². The Morgan fingerprint density at radius 2 is 1.16 bits per heavy atom. The second-order valence-electron chi connectivity index (χ2n) is 8.48. The summed E-state index contributed by atoms with van der Waals surface area (Å²) in [6.45, 7) is 12.2. The van der Waals surface area contributed by atoms with Gasteiger partial charge in [0.05, 0.1) is 24.7 Å². The van der Waals surface area contributed by atoms with Crippen LogP contribution < -0.4 is 0 Å². The molecular formula is C24H49ClO4S2Sn. The van der Waals surface area contributed by atoms with Gasteiger partial charge in [0.2, 0.25) is 0 Å². The molecule has 4 nitrogen and oxygen atoms in total. The Kier molecular flexibility index (Phi) is 37.0. The van der Waals surface area contributed by atoms with Gasteiger partial charge in [-0.25, -0.2) is 0 Å². The van der Waals surface area contributed by atoms with Crippen LogP contribution in [0.1, 0.15) is 98.8 Å². The third-order valence-electron chi connectivity index (χ3n) is 4.26. The van der Waals surface area contributed by atoms with E-state index in [1.165, 1.54) is 43.0 Å². The Morgan fingerprint density at radius 1 is 0.750 bits per heavy atom. The monoisotopic (exact) mass is 620 g/mol. The van der Waals surface area contributed by atoms with Crippen LogP contribution in [-0.2, 0) is 19.1 Å². The number of carbonyl (C=O) groups excluding carboxylic acids is 2. The van der Waals surface area contributed by atoms with Gasteiger partial charge >= 0.3 is 65.1 Å². The number of ether oxygens (including phenoxy) is 2. The Hall–Kier alpha value is 0.729. The molecule has 0 aliphatic carbocycles. The summed E-state index contributed by atoms with van der Waals surface area (Å²) in [6, 6.07) is 0. The number of halogens is 1. The number of hydrogen-bond acceptors (Lipinski definition) is 6. The second kappa shape index (κ2) is 31.7. The third-order valence-corrected chi connectivity index (χ3v) is 7.59. The topological polar surface area (TPSA) is 52.6 Å². The molecule has 0 unspecified atom stereocenters. The van der Waals surface area contributed by atoms with E-state index in [0.717, 1.165) is 37.5 Å². The Bertz CT molecular complexity index is 364. The normalized spacial score (nSPS) is 10.2. The zero-order valence-electron chi connectivity index (χ0n) is 21.2. The van der Waals surface area contributed by atoms with E-state index >= 15 is 0 Å². The molecule has 192 valence electrons. The number of thiol groups is 2. The molecule has 32 heavy (non-hydrogen) atoms. The molecule has 0 atom stereocenters. The van der Waals surface area contributed by atoms with Crippen LogP contribution in [0.2, 0.25) is 4.44 Å². The van der Waals surface area contributed by atoms with Gasteiger partial charge in [0.25, 0.3) is 0 Å². The van der Waals surface area contributed by atoms with Gasteiger partial charge in [0.1, 0.15) is 0 Å². The van der Waals surface area contributed by atoms with Crippen LogP contribution in [0.5, 0.6) is 0 Å². The molecule has 0 aromatic carbocycles. The fourth-order valence-electron chi connectivity index (χ4n) is 2.37. The van der Waals surface area contributed by atoms with Crippen molar-refractivity contribution in [1.82, 2.24) is 0 Å². The first-order valence-corrected chi connectivity index (χ1v) is 19.0. The van der Waals surface area contributed by atoms with E-state index in [0.29, 0.717) is 13.2 Å². The third kappa shape index (κ3) is 41.0. The van der Waals surface area contributed by atoms with E-state index in [2.05, 4.69) is 59.9 Å². The number of carbonyl (C=O) groups is 2. The minimum atomic E-state index is -0.338. The van der Waals surface area contributed by atoms with Crippen LogP contribution in [0.15, 0.2) is 0 Å². The van der Waals surface area contributed by atoms with Gasteiger partial charge in [-0.1, -0.05) is 66.2 Å². The van der Waals surface area contributed by atoms with Crippen molar-refractivity contribution in [3.05, 3.63) is 0 Å². The molecule has 0 saturated carbocycles. The Balaban J connectivity index is -0.000000422. The maximum atomic E-state index is 10.7. The summed E-state index contributed by atoms with van der Waals surface area (Å²) in [5.74, 6) is 1.50. The molecule has 0 fully saturated rings. The van der Waals surface area contributed by atoms with E-state index in [1.807, 2.05) is 0 Å². The van der Waals surface area contributed by atoms with Crippen molar-refractivity contribution < 1.29 is 19.1 Å². The standard InChI is InChI=1S/2C10H20O2S.C4H9.ClH.Sn/c2*1-9(2)6-4-3-5-7-12-10(11)8-13;1-3-4-2;;/h2*9,13H,3-8H2,1-2H3;1,3-4H2,2H3;1H;/q;;;;+1/p-1. The summed E-state index contributed by atoms with van der Waals surface area (Å²) in [5.41, 5.74) is 0. The summed E-state index contributed by atoms with van der Waals surface area (Å²) in [7, 11) is 5.55. The molecule has 0 N–H and O–H groups in total. The van der Waals surface area contributed by atoms with Crippen LogP contribution in [0.3, 0.4) is 0 Å². The van der Waals surface area contributed by atoms with Crippen LogP contribution >= 0.6 is 34.2 Å². The van der Waals surface area contributed by atoms with E-state index in [9.17, 15) is 9.59 Å². The van der Waals surface area contributed by atoms with E-state index in [4.69, 9.17) is 18.4 Å². The fraction of sp³-hybridized carbons (Fsp3) is 0.917. The van der Waals surface area contributed by atoms with Crippen LogP contribution in [0.25, 0.3) is 0 Å². The first kappa shape index (κ1) is 37.3. The van der Waals surface area contributed by atoms with Gasteiger partial charge in [-0.2, -0.15) is 25.3 Å². The van der Waals surface area contributed by atoms with Crippen molar-refractivity contribution in [2.75, 3.05) is 24.7 Å². The van der Waals surface area contributed by atoms with Crippen LogP contribution in [0.4, 0.5) is 0 Å². The summed E-state index contributed by atoms with van der Waals surface area (Å²) in [4.78, 5) is 21.3. The molecule has 0 heterocycles. The molecule has 0 aromatic rings. The molecule has 0 rings (SSSR count). The summed E-state index contributed by atoms with van der Waals surface area (Å²) in [5, 5.41) is 0. The van der Waals surface area contributed by atoms with E-state index in [-0.39, 0.29) is 43.5 Å². The van der Waals surface area contributed by atoms with E-state index in [1.54, 1.807) is 0 Å². The number of rotatable bonds is 17.